The van der Waals surface area contributed by atoms with Crippen LogP contribution in [0.5, 0.6) is 0 Å². The van der Waals surface area contributed by atoms with Gasteiger partial charge in [0.15, 0.2) is 0 Å². The van der Waals surface area contributed by atoms with Gasteiger partial charge in [0.25, 0.3) is 15.9 Å². The van der Waals surface area contributed by atoms with Gasteiger partial charge < -0.3 is 5.32 Å². The third-order valence-corrected chi connectivity index (χ3v) is 6.67. The first-order chi connectivity index (χ1) is 13.8. The van der Waals surface area contributed by atoms with E-state index in [1.54, 1.807) is 60.3 Å². The topological polar surface area (TPSA) is 75.3 Å². The highest BCUT2D eigenvalue weighted by molar-refractivity contribution is 7.98. The summed E-state index contributed by atoms with van der Waals surface area (Å²) in [6.07, 6.45) is 1.93. The van der Waals surface area contributed by atoms with Gasteiger partial charge in [0, 0.05) is 21.8 Å². The Morgan fingerprint density at radius 1 is 0.828 bits per heavy atom. The molecule has 3 aromatic rings. The molecule has 0 atom stereocenters. The minimum Gasteiger partial charge on any atom is -0.322 e. The molecular formula is C22H22N2O3S2. The molecule has 3 aromatic carbocycles. The van der Waals surface area contributed by atoms with Crippen LogP contribution in [0.25, 0.3) is 0 Å². The van der Waals surface area contributed by atoms with Crippen LogP contribution in [0.3, 0.4) is 0 Å². The summed E-state index contributed by atoms with van der Waals surface area (Å²) in [5.74, 6) is -0.254. The first-order valence-electron chi connectivity index (χ1n) is 8.94. The quantitative estimate of drug-likeness (QED) is 0.539. The number of sulfonamides is 1. The van der Waals surface area contributed by atoms with E-state index in [-0.39, 0.29) is 10.8 Å². The van der Waals surface area contributed by atoms with E-state index in [4.69, 9.17) is 0 Å². The van der Waals surface area contributed by atoms with Gasteiger partial charge in [-0.1, -0.05) is 6.07 Å². The molecule has 0 saturated heterocycles. The second-order valence-electron chi connectivity index (χ2n) is 6.61. The molecule has 0 fully saturated rings. The highest BCUT2D eigenvalue weighted by Gasteiger charge is 2.14. The first-order valence-corrected chi connectivity index (χ1v) is 11.6. The fourth-order valence-corrected chi connectivity index (χ4v) is 4.15. The Labute approximate surface area is 175 Å². The van der Waals surface area contributed by atoms with E-state index < -0.39 is 10.0 Å². The van der Waals surface area contributed by atoms with Gasteiger partial charge >= 0.3 is 0 Å². The molecule has 0 heterocycles. The third kappa shape index (κ3) is 5.19. The molecule has 0 saturated carbocycles. The zero-order valence-corrected chi connectivity index (χ0v) is 18.0. The van der Waals surface area contributed by atoms with Crippen molar-refractivity contribution in [2.24, 2.45) is 0 Å². The fraction of sp³-hybridized carbons (Fsp3) is 0.136. The molecule has 0 spiro atoms. The third-order valence-electron chi connectivity index (χ3n) is 4.53. The summed E-state index contributed by atoms with van der Waals surface area (Å²) in [6, 6.07) is 18.7. The summed E-state index contributed by atoms with van der Waals surface area (Å²) >= 11 is 1.55. The van der Waals surface area contributed by atoms with Crippen molar-refractivity contribution in [2.75, 3.05) is 16.3 Å². The maximum absolute atomic E-state index is 12.5. The van der Waals surface area contributed by atoms with Crippen LogP contribution < -0.4 is 10.0 Å². The SMILES string of the molecule is CSc1ccc(S(=O)(=O)Nc2ccc(C(=O)Nc3ccc(C)c(C)c3)cc2)cc1. The summed E-state index contributed by atoms with van der Waals surface area (Å²) < 4.78 is 27.6. The predicted molar refractivity (Wildman–Crippen MR) is 119 cm³/mol. The Hall–Kier alpha value is -2.77. The zero-order chi connectivity index (χ0) is 21.0. The molecule has 150 valence electrons. The second-order valence-corrected chi connectivity index (χ2v) is 9.17. The van der Waals surface area contributed by atoms with Crippen molar-refractivity contribution in [3.8, 4) is 0 Å². The van der Waals surface area contributed by atoms with Gasteiger partial charge in [0.05, 0.1) is 4.90 Å². The van der Waals surface area contributed by atoms with Crippen molar-refractivity contribution in [3.63, 3.8) is 0 Å². The van der Waals surface area contributed by atoms with Crippen LogP contribution >= 0.6 is 11.8 Å². The normalized spacial score (nSPS) is 11.1. The molecule has 0 aliphatic heterocycles. The molecule has 7 heteroatoms. The number of carbonyl (C=O) groups is 1. The minimum absolute atomic E-state index is 0.187. The van der Waals surface area contributed by atoms with Crippen molar-refractivity contribution >= 4 is 39.1 Å². The molecule has 0 bridgehead atoms. The average molecular weight is 427 g/mol. The number of amides is 1. The van der Waals surface area contributed by atoms with Crippen LogP contribution in [0, 0.1) is 13.8 Å². The highest BCUT2D eigenvalue weighted by atomic mass is 32.2. The lowest BCUT2D eigenvalue weighted by Crippen LogP contribution is -2.14. The Morgan fingerprint density at radius 3 is 2.03 bits per heavy atom. The first kappa shape index (κ1) is 21.0. The minimum atomic E-state index is -3.69. The maximum Gasteiger partial charge on any atom is 0.261 e. The largest absolute Gasteiger partial charge is 0.322 e. The Balaban J connectivity index is 1.70. The molecule has 0 aliphatic carbocycles. The second kappa shape index (κ2) is 8.71. The fourth-order valence-electron chi connectivity index (χ4n) is 2.68. The predicted octanol–water partition coefficient (Wildman–Crippen LogP) is 5.08. The molecule has 2 N–H and O–H groups in total. The van der Waals surface area contributed by atoms with Gasteiger partial charge in [0.2, 0.25) is 0 Å². The number of nitrogens with one attached hydrogen (secondary N) is 2. The van der Waals surface area contributed by atoms with Crippen LogP contribution in [0.1, 0.15) is 21.5 Å². The molecule has 0 aliphatic rings. The van der Waals surface area contributed by atoms with Crippen LogP contribution in [-0.4, -0.2) is 20.6 Å². The number of benzene rings is 3. The van der Waals surface area contributed by atoms with Gasteiger partial charge in [0.1, 0.15) is 0 Å². The summed E-state index contributed by atoms with van der Waals surface area (Å²) in [5, 5.41) is 2.85. The molecule has 3 rings (SSSR count). The van der Waals surface area contributed by atoms with E-state index in [0.29, 0.717) is 11.3 Å². The summed E-state index contributed by atoms with van der Waals surface area (Å²) in [7, 11) is -3.69. The lowest BCUT2D eigenvalue weighted by atomic mass is 10.1. The van der Waals surface area contributed by atoms with E-state index in [0.717, 1.165) is 21.7 Å². The number of thioether (sulfide) groups is 1. The molecular weight excluding hydrogens is 404 g/mol. The average Bonchev–Trinajstić information content (AvgIpc) is 2.71. The van der Waals surface area contributed by atoms with Crippen molar-refractivity contribution in [2.45, 2.75) is 23.6 Å². The summed E-state index contributed by atoms with van der Waals surface area (Å²) in [5.41, 5.74) is 3.80. The van der Waals surface area contributed by atoms with Gasteiger partial charge in [-0.05, 0) is 91.9 Å². The van der Waals surface area contributed by atoms with Gasteiger partial charge in [-0.2, -0.15) is 0 Å². The molecule has 0 unspecified atom stereocenters. The van der Waals surface area contributed by atoms with E-state index in [1.807, 2.05) is 38.3 Å². The molecule has 0 aromatic heterocycles. The maximum atomic E-state index is 12.5. The summed E-state index contributed by atoms with van der Waals surface area (Å²) in [4.78, 5) is 13.6. The molecule has 5 nitrogen and oxygen atoms in total. The van der Waals surface area contributed by atoms with Crippen LogP contribution in [-0.2, 0) is 10.0 Å². The van der Waals surface area contributed by atoms with Crippen LogP contribution in [0.2, 0.25) is 0 Å². The Kier molecular flexibility index (Phi) is 6.30. The van der Waals surface area contributed by atoms with Gasteiger partial charge in [-0.25, -0.2) is 8.42 Å². The van der Waals surface area contributed by atoms with E-state index in [9.17, 15) is 13.2 Å². The number of aryl methyl sites for hydroxylation is 2. The molecule has 29 heavy (non-hydrogen) atoms. The van der Waals surface area contributed by atoms with Gasteiger partial charge in [-0.3, -0.25) is 9.52 Å². The van der Waals surface area contributed by atoms with Crippen molar-refractivity contribution in [1.82, 2.24) is 0 Å². The zero-order valence-electron chi connectivity index (χ0n) is 16.4. The lowest BCUT2D eigenvalue weighted by molar-refractivity contribution is 0.102. The number of hydrogen-bond acceptors (Lipinski definition) is 4. The monoisotopic (exact) mass is 426 g/mol. The van der Waals surface area contributed by atoms with Crippen molar-refractivity contribution in [3.05, 3.63) is 83.4 Å². The van der Waals surface area contributed by atoms with E-state index in [2.05, 4.69) is 10.0 Å². The lowest BCUT2D eigenvalue weighted by Gasteiger charge is -2.10. The number of hydrogen-bond donors (Lipinski definition) is 2. The van der Waals surface area contributed by atoms with E-state index in [1.165, 1.54) is 0 Å². The highest BCUT2D eigenvalue weighted by Crippen LogP contribution is 2.21. The van der Waals surface area contributed by atoms with Crippen molar-refractivity contribution in [1.29, 1.82) is 0 Å². The van der Waals surface area contributed by atoms with Crippen LogP contribution in [0.4, 0.5) is 11.4 Å². The van der Waals surface area contributed by atoms with Gasteiger partial charge in [-0.15, -0.1) is 11.8 Å². The summed E-state index contributed by atoms with van der Waals surface area (Å²) in [6.45, 7) is 4.00. The number of carbonyl (C=O) groups excluding carboxylic acids is 1. The van der Waals surface area contributed by atoms with Crippen LogP contribution in [0.15, 0.2) is 76.5 Å². The number of anilines is 2. The smallest absolute Gasteiger partial charge is 0.261 e. The Morgan fingerprint density at radius 2 is 1.45 bits per heavy atom. The Bertz CT molecular complexity index is 1120. The molecule has 0 radical (unpaired) electrons. The van der Waals surface area contributed by atoms with Crippen molar-refractivity contribution < 1.29 is 13.2 Å². The van der Waals surface area contributed by atoms with E-state index >= 15 is 0 Å². The number of rotatable bonds is 6. The molecule has 1 amide bonds. The standard InChI is InChI=1S/C22H22N2O3S2/c1-15-4-7-19(14-16(15)2)23-22(25)17-5-8-18(9-6-17)24-29(26,27)21-12-10-20(28-3)11-13-21/h4-14,24H,1-3H3,(H,23,25).